The van der Waals surface area contributed by atoms with E-state index in [0.717, 1.165) is 5.69 Å². The molecular weight excluding hydrogens is 204 g/mol. The maximum atomic E-state index is 11.6. The van der Waals surface area contributed by atoms with E-state index in [2.05, 4.69) is 4.98 Å². The number of hydrogen-bond donors (Lipinski definition) is 1. The van der Waals surface area contributed by atoms with E-state index >= 15 is 0 Å². The van der Waals surface area contributed by atoms with E-state index in [0.29, 0.717) is 6.42 Å². The fraction of sp³-hybridized carbons (Fsp3) is 0.500. The molecule has 1 rings (SSSR count). The van der Waals surface area contributed by atoms with Gasteiger partial charge in [-0.05, 0) is 32.9 Å². The summed E-state index contributed by atoms with van der Waals surface area (Å²) < 4.78 is 5.18. The predicted octanol–water partition coefficient (Wildman–Crippen LogP) is 1.29. The highest BCUT2D eigenvalue weighted by atomic mass is 16.6. The van der Waals surface area contributed by atoms with Crippen molar-refractivity contribution in [2.45, 2.75) is 38.8 Å². The molecule has 0 saturated heterocycles. The number of hydrogen-bond acceptors (Lipinski definition) is 4. The van der Waals surface area contributed by atoms with Gasteiger partial charge in [-0.1, -0.05) is 6.07 Å². The predicted molar refractivity (Wildman–Crippen MR) is 61.8 cm³/mol. The van der Waals surface area contributed by atoms with Gasteiger partial charge in [-0.2, -0.15) is 0 Å². The molecule has 0 fully saturated rings. The van der Waals surface area contributed by atoms with E-state index < -0.39 is 17.6 Å². The van der Waals surface area contributed by atoms with Crippen molar-refractivity contribution in [2.24, 2.45) is 5.73 Å². The number of pyridine rings is 1. The molecular formula is C12H18N2O2. The molecule has 88 valence electrons. The lowest BCUT2D eigenvalue weighted by molar-refractivity contribution is -0.156. The molecule has 1 heterocycles. The van der Waals surface area contributed by atoms with Crippen LogP contribution in [0.15, 0.2) is 24.4 Å². The fourth-order valence-electron chi connectivity index (χ4n) is 1.20. The van der Waals surface area contributed by atoms with Crippen LogP contribution < -0.4 is 5.73 Å². The smallest absolute Gasteiger partial charge is 0.323 e. The van der Waals surface area contributed by atoms with Crippen LogP contribution in [0, 0.1) is 0 Å². The molecule has 0 aliphatic heterocycles. The molecule has 1 aromatic rings. The lowest BCUT2D eigenvalue weighted by atomic mass is 10.1. The van der Waals surface area contributed by atoms with Crippen molar-refractivity contribution in [2.75, 3.05) is 0 Å². The average Bonchev–Trinajstić information content (AvgIpc) is 2.16. The van der Waals surface area contributed by atoms with Crippen LogP contribution in [0.4, 0.5) is 0 Å². The third kappa shape index (κ3) is 4.40. The van der Waals surface area contributed by atoms with Gasteiger partial charge in [-0.25, -0.2) is 0 Å². The van der Waals surface area contributed by atoms with Crippen molar-refractivity contribution in [3.05, 3.63) is 30.1 Å². The van der Waals surface area contributed by atoms with E-state index in [-0.39, 0.29) is 0 Å². The van der Waals surface area contributed by atoms with E-state index in [4.69, 9.17) is 10.5 Å². The van der Waals surface area contributed by atoms with Crippen molar-refractivity contribution in [1.82, 2.24) is 4.98 Å². The zero-order chi connectivity index (χ0) is 12.2. The highest BCUT2D eigenvalue weighted by Gasteiger charge is 2.22. The van der Waals surface area contributed by atoms with E-state index in [1.54, 1.807) is 6.20 Å². The first-order valence-corrected chi connectivity index (χ1v) is 5.27. The third-order valence-electron chi connectivity index (χ3n) is 1.86. The molecule has 0 aliphatic rings. The standard InChI is InChI=1S/C12H18N2O2/c1-12(2,3)16-11(15)10(13)8-9-6-4-5-7-14-9/h4-7,10H,8,13H2,1-3H3/t10-/m1/s1. The summed E-state index contributed by atoms with van der Waals surface area (Å²) in [6, 6.07) is 4.87. The van der Waals surface area contributed by atoms with Crippen LogP contribution in [0.2, 0.25) is 0 Å². The van der Waals surface area contributed by atoms with Gasteiger partial charge in [0.05, 0.1) is 0 Å². The number of esters is 1. The monoisotopic (exact) mass is 222 g/mol. The Hall–Kier alpha value is -1.42. The Bertz CT molecular complexity index is 344. The van der Waals surface area contributed by atoms with Crippen molar-refractivity contribution < 1.29 is 9.53 Å². The number of carbonyl (C=O) groups is 1. The second kappa shape index (κ2) is 5.07. The zero-order valence-corrected chi connectivity index (χ0v) is 9.93. The lowest BCUT2D eigenvalue weighted by Crippen LogP contribution is -2.38. The highest BCUT2D eigenvalue weighted by Crippen LogP contribution is 2.09. The molecule has 0 radical (unpaired) electrons. The van der Waals surface area contributed by atoms with Gasteiger partial charge in [0, 0.05) is 18.3 Å². The summed E-state index contributed by atoms with van der Waals surface area (Å²) in [6.45, 7) is 5.45. The van der Waals surface area contributed by atoms with Crippen molar-refractivity contribution in [3.8, 4) is 0 Å². The number of rotatable bonds is 3. The summed E-state index contributed by atoms with van der Waals surface area (Å²) in [5.74, 6) is -0.391. The Labute approximate surface area is 95.8 Å². The average molecular weight is 222 g/mol. The van der Waals surface area contributed by atoms with E-state index in [1.807, 2.05) is 39.0 Å². The number of ether oxygens (including phenoxy) is 1. The molecule has 0 aliphatic carbocycles. The van der Waals surface area contributed by atoms with E-state index in [1.165, 1.54) is 0 Å². The molecule has 2 N–H and O–H groups in total. The first-order valence-electron chi connectivity index (χ1n) is 5.27. The van der Waals surface area contributed by atoms with Crippen LogP contribution in [0.3, 0.4) is 0 Å². The molecule has 1 aromatic heterocycles. The van der Waals surface area contributed by atoms with Crippen LogP contribution in [0.25, 0.3) is 0 Å². The summed E-state index contributed by atoms with van der Waals surface area (Å²) in [7, 11) is 0. The Morgan fingerprint density at radius 3 is 2.69 bits per heavy atom. The molecule has 0 spiro atoms. The summed E-state index contributed by atoms with van der Waals surface area (Å²) in [5.41, 5.74) is 6.03. The molecule has 0 unspecified atom stereocenters. The Balaban J connectivity index is 2.53. The first-order chi connectivity index (χ1) is 7.38. The quantitative estimate of drug-likeness (QED) is 0.783. The minimum absolute atomic E-state index is 0.391. The summed E-state index contributed by atoms with van der Waals surface area (Å²) in [6.07, 6.45) is 2.08. The SMILES string of the molecule is CC(C)(C)OC(=O)[C@H](N)Cc1ccccn1. The first kappa shape index (κ1) is 12.6. The number of carbonyl (C=O) groups excluding carboxylic acids is 1. The zero-order valence-electron chi connectivity index (χ0n) is 9.93. The molecule has 0 saturated carbocycles. The topological polar surface area (TPSA) is 65.2 Å². The van der Waals surface area contributed by atoms with Gasteiger partial charge in [0.25, 0.3) is 0 Å². The Morgan fingerprint density at radius 2 is 2.19 bits per heavy atom. The lowest BCUT2D eigenvalue weighted by Gasteiger charge is -2.22. The van der Waals surface area contributed by atoms with Crippen LogP contribution >= 0.6 is 0 Å². The van der Waals surface area contributed by atoms with Gasteiger partial charge < -0.3 is 10.5 Å². The maximum Gasteiger partial charge on any atom is 0.323 e. The minimum atomic E-state index is -0.658. The van der Waals surface area contributed by atoms with Gasteiger partial charge >= 0.3 is 5.97 Å². The molecule has 0 bridgehead atoms. The molecule has 1 atom stereocenters. The normalized spacial score (nSPS) is 13.2. The summed E-state index contributed by atoms with van der Waals surface area (Å²) in [5, 5.41) is 0. The fourth-order valence-corrected chi connectivity index (χ4v) is 1.20. The van der Waals surface area contributed by atoms with Crippen LogP contribution in [0.5, 0.6) is 0 Å². The van der Waals surface area contributed by atoms with Gasteiger partial charge in [0.15, 0.2) is 0 Å². The Morgan fingerprint density at radius 1 is 1.50 bits per heavy atom. The second-order valence-corrected chi connectivity index (χ2v) is 4.67. The number of aromatic nitrogens is 1. The molecule has 16 heavy (non-hydrogen) atoms. The second-order valence-electron chi connectivity index (χ2n) is 4.67. The molecule has 0 aromatic carbocycles. The number of nitrogens with two attached hydrogens (primary N) is 1. The van der Waals surface area contributed by atoms with Crippen molar-refractivity contribution in [3.63, 3.8) is 0 Å². The minimum Gasteiger partial charge on any atom is -0.459 e. The summed E-state index contributed by atoms with van der Waals surface area (Å²) in [4.78, 5) is 15.7. The summed E-state index contributed by atoms with van der Waals surface area (Å²) >= 11 is 0. The maximum absolute atomic E-state index is 11.6. The highest BCUT2D eigenvalue weighted by molar-refractivity contribution is 5.76. The van der Waals surface area contributed by atoms with Crippen LogP contribution in [0.1, 0.15) is 26.5 Å². The van der Waals surface area contributed by atoms with Gasteiger partial charge in [0.2, 0.25) is 0 Å². The molecule has 0 amide bonds. The van der Waals surface area contributed by atoms with Gasteiger partial charge in [0.1, 0.15) is 11.6 Å². The van der Waals surface area contributed by atoms with Gasteiger partial charge in [-0.3, -0.25) is 9.78 Å². The van der Waals surface area contributed by atoms with Gasteiger partial charge in [-0.15, -0.1) is 0 Å². The van der Waals surface area contributed by atoms with Crippen molar-refractivity contribution in [1.29, 1.82) is 0 Å². The Kier molecular flexibility index (Phi) is 4.01. The third-order valence-corrected chi connectivity index (χ3v) is 1.86. The van der Waals surface area contributed by atoms with E-state index in [9.17, 15) is 4.79 Å². The van der Waals surface area contributed by atoms with Crippen LogP contribution in [-0.2, 0) is 16.0 Å². The molecule has 4 heteroatoms. The molecule has 4 nitrogen and oxygen atoms in total. The van der Waals surface area contributed by atoms with Crippen molar-refractivity contribution >= 4 is 5.97 Å². The number of nitrogens with zero attached hydrogens (tertiary/aromatic N) is 1. The van der Waals surface area contributed by atoms with Crippen LogP contribution in [-0.4, -0.2) is 22.6 Å². The largest absolute Gasteiger partial charge is 0.459 e.